The molecule has 1 saturated heterocycles. The zero-order chi connectivity index (χ0) is 14.4. The standard InChI is InChI=1S/C17H26BrNO/c1-3-10-19-17(9-7-15-5-4-11-20-15)16-8-6-14(18)12-13(16)2/h6,8,12,15,17,19H,3-5,7,9-11H2,1-2H3. The molecular formula is C17H26BrNO. The van der Waals surface area contributed by atoms with E-state index in [4.69, 9.17) is 4.74 Å². The summed E-state index contributed by atoms with van der Waals surface area (Å²) in [6.07, 6.45) is 6.45. The molecule has 20 heavy (non-hydrogen) atoms. The number of nitrogens with one attached hydrogen (secondary N) is 1. The first kappa shape index (κ1) is 16.0. The summed E-state index contributed by atoms with van der Waals surface area (Å²) < 4.78 is 6.92. The molecule has 2 unspecified atom stereocenters. The van der Waals surface area contributed by atoms with Crippen LogP contribution in [0.5, 0.6) is 0 Å². The van der Waals surface area contributed by atoms with E-state index in [1.165, 1.54) is 30.4 Å². The van der Waals surface area contributed by atoms with Gasteiger partial charge in [-0.15, -0.1) is 0 Å². The van der Waals surface area contributed by atoms with E-state index in [0.29, 0.717) is 12.1 Å². The summed E-state index contributed by atoms with van der Waals surface area (Å²) >= 11 is 3.55. The van der Waals surface area contributed by atoms with Gasteiger partial charge < -0.3 is 10.1 Å². The maximum atomic E-state index is 5.76. The van der Waals surface area contributed by atoms with E-state index >= 15 is 0 Å². The van der Waals surface area contributed by atoms with Crippen molar-refractivity contribution >= 4 is 15.9 Å². The average Bonchev–Trinajstić information content (AvgIpc) is 2.93. The molecule has 1 aliphatic rings. The third kappa shape index (κ3) is 4.57. The van der Waals surface area contributed by atoms with Gasteiger partial charge in [0.2, 0.25) is 0 Å². The van der Waals surface area contributed by atoms with Crippen LogP contribution in [0, 0.1) is 6.92 Å². The molecule has 3 heteroatoms. The smallest absolute Gasteiger partial charge is 0.0576 e. The lowest BCUT2D eigenvalue weighted by molar-refractivity contribution is 0.0995. The van der Waals surface area contributed by atoms with Gasteiger partial charge in [-0.2, -0.15) is 0 Å². The van der Waals surface area contributed by atoms with E-state index in [1.54, 1.807) is 0 Å². The SMILES string of the molecule is CCCNC(CCC1CCCO1)c1ccc(Br)cc1C. The first-order valence-corrected chi connectivity index (χ1v) is 8.61. The largest absolute Gasteiger partial charge is 0.378 e. The van der Waals surface area contributed by atoms with Gasteiger partial charge in [0, 0.05) is 17.1 Å². The minimum Gasteiger partial charge on any atom is -0.378 e. The number of benzene rings is 1. The fourth-order valence-corrected chi connectivity index (χ4v) is 3.42. The molecule has 0 amide bonds. The maximum Gasteiger partial charge on any atom is 0.0576 e. The lowest BCUT2D eigenvalue weighted by Crippen LogP contribution is -2.24. The van der Waals surface area contributed by atoms with Gasteiger partial charge in [-0.05, 0) is 68.8 Å². The van der Waals surface area contributed by atoms with Gasteiger partial charge >= 0.3 is 0 Å². The Morgan fingerprint density at radius 3 is 2.95 bits per heavy atom. The van der Waals surface area contributed by atoms with Crippen molar-refractivity contribution in [2.75, 3.05) is 13.2 Å². The van der Waals surface area contributed by atoms with Crippen LogP contribution < -0.4 is 5.32 Å². The molecule has 1 aliphatic heterocycles. The maximum absolute atomic E-state index is 5.76. The molecule has 0 saturated carbocycles. The predicted octanol–water partition coefficient (Wildman–Crippen LogP) is 4.76. The Bertz CT molecular complexity index is 415. The Hall–Kier alpha value is -0.380. The second-order valence-electron chi connectivity index (χ2n) is 5.72. The normalized spacial score (nSPS) is 20.2. The summed E-state index contributed by atoms with van der Waals surface area (Å²) in [6.45, 7) is 6.45. The lowest BCUT2D eigenvalue weighted by atomic mass is 9.95. The highest BCUT2D eigenvalue weighted by Crippen LogP contribution is 2.27. The van der Waals surface area contributed by atoms with E-state index in [-0.39, 0.29) is 0 Å². The molecule has 0 aromatic heterocycles. The van der Waals surface area contributed by atoms with Crippen LogP contribution in [0.15, 0.2) is 22.7 Å². The summed E-state index contributed by atoms with van der Waals surface area (Å²) in [5.41, 5.74) is 2.79. The average molecular weight is 340 g/mol. The van der Waals surface area contributed by atoms with Crippen LogP contribution in [0.1, 0.15) is 56.2 Å². The second kappa shape index (κ2) is 8.16. The van der Waals surface area contributed by atoms with Crippen LogP contribution in [0.4, 0.5) is 0 Å². The van der Waals surface area contributed by atoms with E-state index in [1.807, 2.05) is 0 Å². The first-order chi connectivity index (χ1) is 9.70. The monoisotopic (exact) mass is 339 g/mol. The Labute approximate surface area is 131 Å². The highest BCUT2D eigenvalue weighted by Gasteiger charge is 2.19. The van der Waals surface area contributed by atoms with Crippen molar-refractivity contribution in [3.8, 4) is 0 Å². The molecule has 0 aliphatic carbocycles. The number of rotatable bonds is 7. The van der Waals surface area contributed by atoms with Crippen molar-refractivity contribution in [1.29, 1.82) is 0 Å². The number of ether oxygens (including phenoxy) is 1. The van der Waals surface area contributed by atoms with Crippen molar-refractivity contribution in [3.05, 3.63) is 33.8 Å². The van der Waals surface area contributed by atoms with E-state index in [0.717, 1.165) is 30.5 Å². The Morgan fingerprint density at radius 2 is 2.30 bits per heavy atom. The Kier molecular flexibility index (Phi) is 6.53. The highest BCUT2D eigenvalue weighted by atomic mass is 79.9. The Morgan fingerprint density at radius 1 is 1.45 bits per heavy atom. The van der Waals surface area contributed by atoms with Gasteiger partial charge in [0.1, 0.15) is 0 Å². The van der Waals surface area contributed by atoms with Crippen LogP contribution in [-0.2, 0) is 4.74 Å². The number of aryl methyl sites for hydroxylation is 1. The van der Waals surface area contributed by atoms with Crippen molar-refractivity contribution in [1.82, 2.24) is 5.32 Å². The molecule has 112 valence electrons. The molecule has 0 bridgehead atoms. The number of halogens is 1. The summed E-state index contributed by atoms with van der Waals surface area (Å²) in [5, 5.41) is 3.70. The summed E-state index contributed by atoms with van der Waals surface area (Å²) in [7, 11) is 0. The molecule has 2 nitrogen and oxygen atoms in total. The van der Waals surface area contributed by atoms with Crippen LogP contribution in [0.25, 0.3) is 0 Å². The summed E-state index contributed by atoms with van der Waals surface area (Å²) in [5.74, 6) is 0. The molecule has 1 N–H and O–H groups in total. The molecule has 1 fully saturated rings. The van der Waals surface area contributed by atoms with Crippen molar-refractivity contribution in [2.24, 2.45) is 0 Å². The van der Waals surface area contributed by atoms with E-state index in [9.17, 15) is 0 Å². The van der Waals surface area contributed by atoms with Crippen LogP contribution >= 0.6 is 15.9 Å². The third-order valence-electron chi connectivity index (χ3n) is 4.05. The highest BCUT2D eigenvalue weighted by molar-refractivity contribution is 9.10. The second-order valence-corrected chi connectivity index (χ2v) is 6.64. The molecule has 1 aromatic carbocycles. The fourth-order valence-electron chi connectivity index (χ4n) is 2.94. The number of hydrogen-bond donors (Lipinski definition) is 1. The third-order valence-corrected chi connectivity index (χ3v) is 4.54. The van der Waals surface area contributed by atoms with Crippen LogP contribution in [0.3, 0.4) is 0 Å². The zero-order valence-corrected chi connectivity index (χ0v) is 14.2. The van der Waals surface area contributed by atoms with Crippen molar-refractivity contribution in [3.63, 3.8) is 0 Å². The molecular weight excluding hydrogens is 314 g/mol. The molecule has 2 atom stereocenters. The molecule has 0 spiro atoms. The molecule has 1 aromatic rings. The van der Waals surface area contributed by atoms with Gasteiger partial charge in [-0.25, -0.2) is 0 Å². The lowest BCUT2D eigenvalue weighted by Gasteiger charge is -2.22. The minimum absolute atomic E-state index is 0.451. The first-order valence-electron chi connectivity index (χ1n) is 7.81. The fraction of sp³-hybridized carbons (Fsp3) is 0.647. The van der Waals surface area contributed by atoms with Gasteiger partial charge in [0.25, 0.3) is 0 Å². The minimum atomic E-state index is 0.451. The quantitative estimate of drug-likeness (QED) is 0.773. The van der Waals surface area contributed by atoms with Gasteiger partial charge in [-0.3, -0.25) is 0 Å². The predicted molar refractivity (Wildman–Crippen MR) is 88.1 cm³/mol. The summed E-state index contributed by atoms with van der Waals surface area (Å²) in [6, 6.07) is 7.06. The Balaban J connectivity index is 2.01. The molecule has 0 radical (unpaired) electrons. The number of hydrogen-bond acceptors (Lipinski definition) is 2. The zero-order valence-electron chi connectivity index (χ0n) is 12.6. The molecule has 2 rings (SSSR count). The van der Waals surface area contributed by atoms with Crippen molar-refractivity contribution < 1.29 is 4.74 Å². The van der Waals surface area contributed by atoms with Crippen molar-refractivity contribution in [2.45, 2.75) is 58.1 Å². The van der Waals surface area contributed by atoms with Crippen LogP contribution in [-0.4, -0.2) is 19.3 Å². The summed E-state index contributed by atoms with van der Waals surface area (Å²) in [4.78, 5) is 0. The molecule has 1 heterocycles. The van der Waals surface area contributed by atoms with Crippen LogP contribution in [0.2, 0.25) is 0 Å². The van der Waals surface area contributed by atoms with E-state index in [2.05, 4.69) is 53.3 Å². The van der Waals surface area contributed by atoms with E-state index < -0.39 is 0 Å². The van der Waals surface area contributed by atoms with Gasteiger partial charge in [-0.1, -0.05) is 28.9 Å². The topological polar surface area (TPSA) is 21.3 Å². The van der Waals surface area contributed by atoms with Gasteiger partial charge in [0.05, 0.1) is 6.10 Å². The van der Waals surface area contributed by atoms with Gasteiger partial charge in [0.15, 0.2) is 0 Å².